The van der Waals surface area contributed by atoms with Gasteiger partial charge in [0.25, 0.3) is 17.3 Å². The molecule has 2 heterocycles. The number of amides is 1. The topological polar surface area (TPSA) is 179 Å². The molecule has 218 valence electrons. The maximum Gasteiger partial charge on any atom is 0.338 e. The summed E-state index contributed by atoms with van der Waals surface area (Å²) in [7, 11) is 1.32. The zero-order valence-electron chi connectivity index (χ0n) is 22.1. The molecule has 0 saturated carbocycles. The molecular formula is C28H25N3O11. The molecule has 14 heteroatoms. The van der Waals surface area contributed by atoms with Gasteiger partial charge in [-0.25, -0.2) is 4.79 Å². The highest BCUT2D eigenvalue weighted by atomic mass is 16.8. The standard InChI is InChI=1S/C28H25N3O11/c1-38-28-22(29-25(32)18-12-19(30(34)35)14-20(13-18)31(36)37)24(41-26(33)16-8-4-2-5-9-16)23-21(40-28)15-39-27(42-23)17-10-6-3-7-11-17/h2-14,21-24,27-28H,15H2,1H3,(H,29,32)/t21-,22-,23-,24-,27-,28+/m1/s1. The smallest absolute Gasteiger partial charge is 0.338 e. The number of nitro groups is 2. The second-order valence-corrected chi connectivity index (χ2v) is 9.44. The molecule has 5 rings (SSSR count). The number of fused-ring (bicyclic) bond motifs is 1. The zero-order chi connectivity index (χ0) is 29.8. The number of nitro benzene ring substituents is 2. The fourth-order valence-corrected chi connectivity index (χ4v) is 4.78. The maximum atomic E-state index is 13.4. The zero-order valence-corrected chi connectivity index (χ0v) is 22.1. The van der Waals surface area contributed by atoms with E-state index in [4.69, 9.17) is 23.7 Å². The van der Waals surface area contributed by atoms with Crippen LogP contribution in [0.3, 0.4) is 0 Å². The van der Waals surface area contributed by atoms with Gasteiger partial charge in [-0.2, -0.15) is 0 Å². The van der Waals surface area contributed by atoms with E-state index >= 15 is 0 Å². The van der Waals surface area contributed by atoms with E-state index in [1.807, 2.05) is 6.07 Å². The van der Waals surface area contributed by atoms with Crippen LogP contribution in [0.1, 0.15) is 32.6 Å². The van der Waals surface area contributed by atoms with Crippen molar-refractivity contribution in [2.45, 2.75) is 36.9 Å². The molecule has 1 amide bonds. The Balaban J connectivity index is 1.49. The van der Waals surface area contributed by atoms with Gasteiger partial charge in [0.15, 0.2) is 18.7 Å². The SMILES string of the molecule is CO[C@H]1O[C@@H]2CO[C@@H](c3ccccc3)O[C@H]2[C@H](OC(=O)c2ccccc2)[C@H]1NC(=O)c1cc([N+](=O)[O-])cc([N+](=O)[O-])c1. The Morgan fingerprint density at radius 1 is 0.881 bits per heavy atom. The Morgan fingerprint density at radius 2 is 1.50 bits per heavy atom. The second kappa shape index (κ2) is 12.4. The molecule has 1 N–H and O–H groups in total. The predicted molar refractivity (Wildman–Crippen MR) is 142 cm³/mol. The summed E-state index contributed by atoms with van der Waals surface area (Å²) >= 11 is 0. The minimum Gasteiger partial charge on any atom is -0.453 e. The Labute approximate surface area is 238 Å². The van der Waals surface area contributed by atoms with Gasteiger partial charge in [0.2, 0.25) is 0 Å². The first-order valence-electron chi connectivity index (χ1n) is 12.8. The van der Waals surface area contributed by atoms with Gasteiger partial charge in [-0.3, -0.25) is 25.0 Å². The van der Waals surface area contributed by atoms with E-state index < -0.39 is 70.0 Å². The summed E-state index contributed by atoms with van der Waals surface area (Å²) in [5.74, 6) is -1.64. The molecule has 0 aliphatic carbocycles. The number of non-ortho nitro benzene ring substituents is 2. The quantitative estimate of drug-likeness (QED) is 0.235. The molecule has 2 aliphatic heterocycles. The first-order valence-corrected chi connectivity index (χ1v) is 12.8. The van der Waals surface area contributed by atoms with Crippen LogP contribution in [0.25, 0.3) is 0 Å². The first kappa shape index (κ1) is 28.8. The van der Waals surface area contributed by atoms with Crippen LogP contribution in [0.15, 0.2) is 78.9 Å². The third-order valence-corrected chi connectivity index (χ3v) is 6.78. The van der Waals surface area contributed by atoms with Gasteiger partial charge in [0.05, 0.1) is 33.6 Å². The van der Waals surface area contributed by atoms with Crippen LogP contribution in [0, 0.1) is 20.2 Å². The molecule has 6 atom stereocenters. The van der Waals surface area contributed by atoms with Gasteiger partial charge in [-0.15, -0.1) is 0 Å². The molecule has 2 fully saturated rings. The number of hydrogen-bond donors (Lipinski definition) is 1. The Bertz CT molecular complexity index is 1440. The highest BCUT2D eigenvalue weighted by molar-refractivity contribution is 5.96. The maximum absolute atomic E-state index is 13.4. The average molecular weight is 580 g/mol. The molecule has 3 aromatic rings. The summed E-state index contributed by atoms with van der Waals surface area (Å²) < 4.78 is 29.5. The van der Waals surface area contributed by atoms with Crippen molar-refractivity contribution in [3.8, 4) is 0 Å². The van der Waals surface area contributed by atoms with Gasteiger partial charge in [-0.1, -0.05) is 48.5 Å². The number of hydrogen-bond acceptors (Lipinski definition) is 11. The number of carbonyl (C=O) groups excluding carboxylic acids is 2. The van der Waals surface area contributed by atoms with Crippen LogP contribution in [-0.2, 0) is 23.7 Å². The molecule has 0 unspecified atom stereocenters. The molecule has 42 heavy (non-hydrogen) atoms. The highest BCUT2D eigenvalue weighted by Crippen LogP contribution is 2.36. The molecule has 2 saturated heterocycles. The Kier molecular flexibility index (Phi) is 8.49. The number of methoxy groups -OCH3 is 1. The summed E-state index contributed by atoms with van der Waals surface area (Å²) in [6.45, 7) is 0.0429. The summed E-state index contributed by atoms with van der Waals surface area (Å²) in [6, 6.07) is 18.5. The molecule has 0 spiro atoms. The van der Waals surface area contributed by atoms with Crippen LogP contribution >= 0.6 is 0 Å². The normalized spacial score (nSPS) is 25.1. The Hall–Kier alpha value is -4.76. The van der Waals surface area contributed by atoms with Gasteiger partial charge >= 0.3 is 5.97 Å². The molecule has 0 bridgehead atoms. The number of nitrogens with one attached hydrogen (secondary N) is 1. The number of ether oxygens (including phenoxy) is 5. The lowest BCUT2D eigenvalue weighted by molar-refractivity contribution is -0.394. The van der Waals surface area contributed by atoms with E-state index in [2.05, 4.69) is 5.32 Å². The molecule has 0 radical (unpaired) electrons. The van der Waals surface area contributed by atoms with Crippen molar-refractivity contribution < 1.29 is 43.1 Å². The number of rotatable bonds is 8. The van der Waals surface area contributed by atoms with Crippen LogP contribution in [0.2, 0.25) is 0 Å². The number of nitrogens with zero attached hydrogens (tertiary/aromatic N) is 2. The molecular weight excluding hydrogens is 554 g/mol. The van der Waals surface area contributed by atoms with E-state index in [1.165, 1.54) is 7.11 Å². The molecule has 0 aromatic heterocycles. The fraction of sp³-hybridized carbons (Fsp3) is 0.286. The summed E-state index contributed by atoms with van der Waals surface area (Å²) in [5.41, 5.74) is -0.731. The van der Waals surface area contributed by atoms with Gasteiger partial charge in [0, 0.05) is 24.8 Å². The van der Waals surface area contributed by atoms with E-state index in [9.17, 15) is 29.8 Å². The van der Waals surface area contributed by atoms with E-state index in [-0.39, 0.29) is 17.7 Å². The molecule has 3 aromatic carbocycles. The fourth-order valence-electron chi connectivity index (χ4n) is 4.78. The van der Waals surface area contributed by atoms with Crippen LogP contribution in [-0.4, -0.2) is 66.1 Å². The number of benzene rings is 3. The van der Waals surface area contributed by atoms with E-state index in [1.54, 1.807) is 54.6 Å². The molecule has 2 aliphatic rings. The summed E-state index contributed by atoms with van der Waals surface area (Å²) in [6.07, 6.45) is -4.95. The van der Waals surface area contributed by atoms with Crippen LogP contribution in [0.4, 0.5) is 11.4 Å². The lowest BCUT2D eigenvalue weighted by atomic mass is 9.94. The van der Waals surface area contributed by atoms with Crippen molar-refractivity contribution in [1.82, 2.24) is 5.32 Å². The average Bonchev–Trinajstić information content (AvgIpc) is 3.02. The van der Waals surface area contributed by atoms with E-state index in [0.29, 0.717) is 5.56 Å². The first-order chi connectivity index (χ1) is 20.2. The van der Waals surface area contributed by atoms with Crippen LogP contribution in [0.5, 0.6) is 0 Å². The van der Waals surface area contributed by atoms with Crippen LogP contribution < -0.4 is 5.32 Å². The van der Waals surface area contributed by atoms with Crippen molar-refractivity contribution >= 4 is 23.3 Å². The largest absolute Gasteiger partial charge is 0.453 e. The second-order valence-electron chi connectivity index (χ2n) is 9.44. The monoisotopic (exact) mass is 579 g/mol. The molecule has 14 nitrogen and oxygen atoms in total. The minimum absolute atomic E-state index is 0.0429. The van der Waals surface area contributed by atoms with Gasteiger partial charge < -0.3 is 29.0 Å². The lowest BCUT2D eigenvalue weighted by Gasteiger charge is -2.48. The van der Waals surface area contributed by atoms with Crippen molar-refractivity contribution in [3.63, 3.8) is 0 Å². The number of esters is 1. The predicted octanol–water partition coefficient (Wildman–Crippen LogP) is 3.31. The summed E-state index contributed by atoms with van der Waals surface area (Å²) in [4.78, 5) is 47.7. The third kappa shape index (κ3) is 6.11. The van der Waals surface area contributed by atoms with Gasteiger partial charge in [-0.05, 0) is 12.1 Å². The van der Waals surface area contributed by atoms with Crippen molar-refractivity contribution in [1.29, 1.82) is 0 Å². The van der Waals surface area contributed by atoms with Gasteiger partial charge in [0.1, 0.15) is 18.2 Å². The Morgan fingerprint density at radius 3 is 2.10 bits per heavy atom. The third-order valence-electron chi connectivity index (χ3n) is 6.78. The number of carbonyl (C=O) groups is 2. The van der Waals surface area contributed by atoms with Crippen molar-refractivity contribution in [2.75, 3.05) is 13.7 Å². The summed E-state index contributed by atoms with van der Waals surface area (Å²) in [5, 5.41) is 25.4. The van der Waals surface area contributed by atoms with E-state index in [0.717, 1.165) is 18.2 Å². The van der Waals surface area contributed by atoms with Crippen molar-refractivity contribution in [2.24, 2.45) is 0 Å². The minimum atomic E-state index is -1.20. The lowest BCUT2D eigenvalue weighted by Crippen LogP contribution is -2.67. The highest BCUT2D eigenvalue weighted by Gasteiger charge is 2.53. The van der Waals surface area contributed by atoms with Crippen molar-refractivity contribution in [3.05, 3.63) is 116 Å².